The molecule has 12 heteroatoms. The number of thiazole rings is 1. The van der Waals surface area contributed by atoms with Crippen LogP contribution in [0.3, 0.4) is 0 Å². The van der Waals surface area contributed by atoms with E-state index in [9.17, 15) is 18.7 Å². The summed E-state index contributed by atoms with van der Waals surface area (Å²) in [4.78, 5) is 23.9. The van der Waals surface area contributed by atoms with Gasteiger partial charge in [0.25, 0.3) is 0 Å². The van der Waals surface area contributed by atoms with E-state index in [1.54, 1.807) is 13.8 Å². The molecule has 3 heterocycles. The lowest BCUT2D eigenvalue weighted by Crippen LogP contribution is -2.40. The average Bonchev–Trinajstić information content (AvgIpc) is 3.32. The highest BCUT2D eigenvalue weighted by Crippen LogP contribution is 2.40. The molecule has 9 nitrogen and oxygen atoms in total. The smallest absolute Gasteiger partial charge is 0.324 e. The minimum absolute atomic E-state index is 0.0981. The Balaban J connectivity index is 1.35. The zero-order valence-electron chi connectivity index (χ0n) is 17.5. The SMILES string of the molecule is CC(C)(O)CNC(=O)Nc1nc2c(s1)CN(c1nc(C3CCC(F)(F)CC3)no1)CC2. The highest BCUT2D eigenvalue weighted by atomic mass is 32.1. The Bertz CT molecular complexity index is 931. The number of nitrogens with one attached hydrogen (secondary N) is 2. The van der Waals surface area contributed by atoms with E-state index < -0.39 is 17.6 Å². The van der Waals surface area contributed by atoms with Gasteiger partial charge in [0.1, 0.15) is 0 Å². The van der Waals surface area contributed by atoms with Crippen LogP contribution < -0.4 is 15.5 Å². The number of amides is 2. The maximum atomic E-state index is 13.4. The number of fused-ring (bicyclic) bond motifs is 1. The Hall–Kier alpha value is -2.34. The molecule has 1 fully saturated rings. The van der Waals surface area contributed by atoms with Gasteiger partial charge in [0.2, 0.25) is 5.92 Å². The molecule has 1 aliphatic heterocycles. The number of hydrogen-bond acceptors (Lipinski definition) is 8. The topological polar surface area (TPSA) is 116 Å². The Labute approximate surface area is 182 Å². The molecular weight excluding hydrogens is 430 g/mol. The lowest BCUT2D eigenvalue weighted by atomic mass is 9.86. The number of aliphatic hydroxyl groups is 1. The minimum Gasteiger partial charge on any atom is -0.389 e. The fourth-order valence-corrected chi connectivity index (χ4v) is 4.69. The van der Waals surface area contributed by atoms with E-state index in [0.29, 0.717) is 49.3 Å². The lowest BCUT2D eigenvalue weighted by molar-refractivity contribution is -0.0389. The molecule has 2 amide bonds. The molecule has 0 saturated heterocycles. The quantitative estimate of drug-likeness (QED) is 0.632. The van der Waals surface area contributed by atoms with E-state index in [-0.39, 0.29) is 25.3 Å². The van der Waals surface area contributed by atoms with E-state index in [1.165, 1.54) is 11.3 Å². The van der Waals surface area contributed by atoms with Gasteiger partial charge >= 0.3 is 12.0 Å². The zero-order valence-corrected chi connectivity index (χ0v) is 18.3. The first kappa shape index (κ1) is 21.9. The molecule has 4 rings (SSSR count). The molecule has 1 saturated carbocycles. The molecule has 1 aliphatic carbocycles. The van der Waals surface area contributed by atoms with Gasteiger partial charge < -0.3 is 19.8 Å². The number of alkyl halides is 2. The molecule has 0 radical (unpaired) electrons. The van der Waals surface area contributed by atoms with Crippen molar-refractivity contribution in [2.45, 2.75) is 69.9 Å². The summed E-state index contributed by atoms with van der Waals surface area (Å²) in [6, 6.07) is -0.0477. The summed E-state index contributed by atoms with van der Waals surface area (Å²) >= 11 is 1.37. The van der Waals surface area contributed by atoms with E-state index >= 15 is 0 Å². The molecule has 0 spiro atoms. The molecule has 0 aromatic carbocycles. The minimum atomic E-state index is -2.59. The summed E-state index contributed by atoms with van der Waals surface area (Å²) in [5.74, 6) is -2.19. The standard InChI is InChI=1S/C19H26F2N6O3S/c1-18(2,29)10-22-15(28)25-16-23-12-5-8-27(9-13(12)31-16)17-24-14(26-30-17)11-3-6-19(20,21)7-4-11/h11,29H,3-10H2,1-2H3,(H2,22,23,25,28). The number of rotatable bonds is 5. The molecule has 0 bridgehead atoms. The van der Waals surface area contributed by atoms with Crippen LogP contribution in [0.15, 0.2) is 4.52 Å². The third kappa shape index (κ3) is 5.48. The molecule has 0 atom stereocenters. The molecule has 31 heavy (non-hydrogen) atoms. The largest absolute Gasteiger partial charge is 0.389 e. The van der Waals surface area contributed by atoms with Crippen LogP contribution in [0, 0.1) is 0 Å². The number of nitrogens with zero attached hydrogens (tertiary/aromatic N) is 4. The molecule has 2 aromatic heterocycles. The maximum Gasteiger partial charge on any atom is 0.324 e. The fourth-order valence-electron chi connectivity index (χ4n) is 3.67. The van der Waals surface area contributed by atoms with Crippen LogP contribution in [0.1, 0.15) is 61.8 Å². The Morgan fingerprint density at radius 3 is 2.81 bits per heavy atom. The molecule has 170 valence electrons. The van der Waals surface area contributed by atoms with Crippen molar-refractivity contribution in [3.05, 3.63) is 16.4 Å². The Morgan fingerprint density at radius 1 is 1.35 bits per heavy atom. The molecular formula is C19H26F2N6O3S. The normalized spacial score (nSPS) is 19.2. The first-order chi connectivity index (χ1) is 14.6. The number of anilines is 2. The summed E-state index contributed by atoms with van der Waals surface area (Å²) in [6.07, 6.45) is 1.08. The van der Waals surface area contributed by atoms with Crippen LogP contribution in [0.4, 0.5) is 24.7 Å². The van der Waals surface area contributed by atoms with Crippen molar-refractivity contribution < 1.29 is 23.2 Å². The average molecular weight is 457 g/mol. The molecule has 0 unspecified atom stereocenters. The van der Waals surface area contributed by atoms with Crippen LogP contribution >= 0.6 is 11.3 Å². The highest BCUT2D eigenvalue weighted by Gasteiger charge is 2.37. The van der Waals surface area contributed by atoms with Crippen molar-refractivity contribution in [3.8, 4) is 0 Å². The van der Waals surface area contributed by atoms with E-state index in [2.05, 4.69) is 25.8 Å². The zero-order chi connectivity index (χ0) is 22.2. The summed E-state index contributed by atoms with van der Waals surface area (Å²) in [7, 11) is 0. The summed E-state index contributed by atoms with van der Waals surface area (Å²) < 4.78 is 32.2. The number of hydrogen-bond donors (Lipinski definition) is 3. The van der Waals surface area contributed by atoms with Crippen LogP contribution in [-0.4, -0.2) is 50.9 Å². The molecule has 2 aliphatic rings. The van der Waals surface area contributed by atoms with Gasteiger partial charge in [-0.15, -0.1) is 0 Å². The second-order valence-corrected chi connectivity index (χ2v) is 9.83. The Kier molecular flexibility index (Phi) is 5.86. The highest BCUT2D eigenvalue weighted by molar-refractivity contribution is 7.15. The van der Waals surface area contributed by atoms with Crippen molar-refractivity contribution in [3.63, 3.8) is 0 Å². The van der Waals surface area contributed by atoms with Crippen molar-refractivity contribution in [1.82, 2.24) is 20.4 Å². The lowest BCUT2D eigenvalue weighted by Gasteiger charge is -2.26. The van der Waals surface area contributed by atoms with E-state index in [1.807, 2.05) is 4.90 Å². The number of halogens is 2. The van der Waals surface area contributed by atoms with Gasteiger partial charge in [0.15, 0.2) is 11.0 Å². The van der Waals surface area contributed by atoms with E-state index in [0.717, 1.165) is 10.6 Å². The van der Waals surface area contributed by atoms with Gasteiger partial charge in [0, 0.05) is 43.1 Å². The van der Waals surface area contributed by atoms with Gasteiger partial charge in [-0.25, -0.2) is 18.6 Å². The van der Waals surface area contributed by atoms with Gasteiger partial charge in [-0.05, 0) is 26.7 Å². The van der Waals surface area contributed by atoms with Crippen LogP contribution in [0.25, 0.3) is 0 Å². The van der Waals surface area contributed by atoms with Crippen molar-refractivity contribution >= 4 is 28.5 Å². The predicted octanol–water partition coefficient (Wildman–Crippen LogP) is 3.27. The maximum absolute atomic E-state index is 13.4. The van der Waals surface area contributed by atoms with Crippen molar-refractivity contribution in [2.75, 3.05) is 23.3 Å². The number of carbonyl (C=O) groups excluding carboxylic acids is 1. The summed E-state index contributed by atoms with van der Waals surface area (Å²) in [5, 5.41) is 19.5. The number of carbonyl (C=O) groups is 1. The van der Waals surface area contributed by atoms with E-state index in [4.69, 9.17) is 4.52 Å². The third-order valence-corrected chi connectivity index (χ3v) is 6.41. The fraction of sp³-hybridized carbons (Fsp3) is 0.684. The second kappa shape index (κ2) is 8.30. The van der Waals surface area contributed by atoms with Gasteiger partial charge in [-0.3, -0.25) is 5.32 Å². The van der Waals surface area contributed by atoms with Crippen molar-refractivity contribution in [2.24, 2.45) is 0 Å². The predicted molar refractivity (Wildman–Crippen MR) is 111 cm³/mol. The Morgan fingerprint density at radius 2 is 2.10 bits per heavy atom. The first-order valence-corrected chi connectivity index (χ1v) is 11.1. The van der Waals surface area contributed by atoms with Crippen LogP contribution in [0.5, 0.6) is 0 Å². The van der Waals surface area contributed by atoms with Crippen molar-refractivity contribution in [1.29, 1.82) is 0 Å². The van der Waals surface area contributed by atoms with Crippen LogP contribution in [-0.2, 0) is 13.0 Å². The van der Waals surface area contributed by atoms with Gasteiger partial charge in [-0.2, -0.15) is 4.98 Å². The van der Waals surface area contributed by atoms with Gasteiger partial charge in [0.05, 0.1) is 17.8 Å². The number of aromatic nitrogens is 3. The molecule has 3 N–H and O–H groups in total. The van der Waals surface area contributed by atoms with Gasteiger partial charge in [-0.1, -0.05) is 16.5 Å². The summed E-state index contributed by atoms with van der Waals surface area (Å²) in [6.45, 7) is 4.48. The first-order valence-electron chi connectivity index (χ1n) is 10.3. The summed E-state index contributed by atoms with van der Waals surface area (Å²) in [5.41, 5.74) is -0.0882. The van der Waals surface area contributed by atoms with Crippen LogP contribution in [0.2, 0.25) is 0 Å². The number of urea groups is 1. The second-order valence-electron chi connectivity index (χ2n) is 8.75. The third-order valence-electron chi connectivity index (χ3n) is 5.42. The monoisotopic (exact) mass is 456 g/mol. The molecule has 2 aromatic rings.